The maximum absolute atomic E-state index is 13.8. The maximum atomic E-state index is 13.8. The number of fused-ring (bicyclic) bond motifs is 4. The number of halogens is 1. The summed E-state index contributed by atoms with van der Waals surface area (Å²) in [6, 6.07) is 12.6. The number of anilines is 1. The van der Waals surface area contributed by atoms with Gasteiger partial charge in [-0.3, -0.25) is 4.79 Å². The predicted molar refractivity (Wildman–Crippen MR) is 109 cm³/mol. The predicted octanol–water partition coefficient (Wildman–Crippen LogP) is 4.93. The van der Waals surface area contributed by atoms with Crippen molar-refractivity contribution < 1.29 is 14.0 Å². The molecular formula is C23H22FN3O2. The van der Waals surface area contributed by atoms with E-state index in [1.54, 1.807) is 11.0 Å². The molecule has 5 rings (SSSR count). The average molecular weight is 391 g/mol. The Kier molecular flexibility index (Phi) is 4.15. The molecule has 0 saturated carbocycles. The van der Waals surface area contributed by atoms with Crippen molar-refractivity contribution in [3.05, 3.63) is 65.6 Å². The number of aromatic amines is 1. The first-order chi connectivity index (χ1) is 14.1. The van der Waals surface area contributed by atoms with Gasteiger partial charge in [0.2, 0.25) is 0 Å². The highest BCUT2D eigenvalue weighted by Gasteiger charge is 2.52. The van der Waals surface area contributed by atoms with E-state index in [9.17, 15) is 14.0 Å². The summed E-state index contributed by atoms with van der Waals surface area (Å²) in [6.07, 6.45) is 3.20. The van der Waals surface area contributed by atoms with Crippen molar-refractivity contribution in [2.75, 3.05) is 4.90 Å². The summed E-state index contributed by atoms with van der Waals surface area (Å²) in [6.45, 7) is 2.11. The van der Waals surface area contributed by atoms with Crippen LogP contribution in [-0.4, -0.2) is 27.9 Å². The van der Waals surface area contributed by atoms with Crippen molar-refractivity contribution in [2.24, 2.45) is 0 Å². The third-order valence-electron chi connectivity index (χ3n) is 6.06. The lowest BCUT2D eigenvalue weighted by Gasteiger charge is -2.35. The van der Waals surface area contributed by atoms with Crippen molar-refractivity contribution >= 4 is 28.5 Å². The summed E-state index contributed by atoms with van der Waals surface area (Å²) >= 11 is 0. The van der Waals surface area contributed by atoms with E-state index in [4.69, 9.17) is 0 Å². The van der Waals surface area contributed by atoms with Crippen molar-refractivity contribution in [3.8, 4) is 0 Å². The SMILES string of the molecule is CCCC[C@@H]1c2[nH]c3ccccc3c2C[C@@H]2C(=O)N(c3cccc(F)c3)C(=O)N21. The molecule has 0 aliphatic carbocycles. The lowest BCUT2D eigenvalue weighted by molar-refractivity contribution is -0.120. The molecule has 5 nitrogen and oxygen atoms in total. The highest BCUT2D eigenvalue weighted by molar-refractivity contribution is 6.21. The Morgan fingerprint density at radius 3 is 2.76 bits per heavy atom. The molecular weight excluding hydrogens is 369 g/mol. The zero-order valence-electron chi connectivity index (χ0n) is 16.2. The third kappa shape index (κ3) is 2.66. The van der Waals surface area contributed by atoms with Crippen LogP contribution in [0.4, 0.5) is 14.9 Å². The molecule has 1 N–H and O–H groups in total. The van der Waals surface area contributed by atoms with Crippen LogP contribution in [0.5, 0.6) is 0 Å². The van der Waals surface area contributed by atoms with Gasteiger partial charge in [-0.25, -0.2) is 14.1 Å². The number of carbonyl (C=O) groups excluding carboxylic acids is 2. The second-order valence-corrected chi connectivity index (χ2v) is 7.78. The van der Waals surface area contributed by atoms with Crippen LogP contribution >= 0.6 is 0 Å². The number of carbonyl (C=O) groups is 2. The number of hydrogen-bond acceptors (Lipinski definition) is 2. The Labute approximate surface area is 168 Å². The van der Waals surface area contributed by atoms with Crippen molar-refractivity contribution in [1.82, 2.24) is 9.88 Å². The Balaban J connectivity index is 1.62. The van der Waals surface area contributed by atoms with Gasteiger partial charge < -0.3 is 9.88 Å². The van der Waals surface area contributed by atoms with Crippen molar-refractivity contribution in [3.63, 3.8) is 0 Å². The van der Waals surface area contributed by atoms with Gasteiger partial charge in [0, 0.05) is 23.0 Å². The van der Waals surface area contributed by atoms with Crippen LogP contribution < -0.4 is 4.90 Å². The number of unbranched alkanes of at least 4 members (excludes halogenated alkanes) is 1. The standard InChI is InChI=1S/C23H22FN3O2/c1-2-3-11-19-21-17(16-9-4-5-10-18(16)25-21)13-20-22(28)26(23(29)27(19)20)15-8-6-7-14(24)12-15/h4-10,12,19-20,25H,2-3,11,13H2,1H3/t19-,20-/m1/s1. The summed E-state index contributed by atoms with van der Waals surface area (Å²) in [7, 11) is 0. The number of amides is 3. The fourth-order valence-corrected chi connectivity index (χ4v) is 4.74. The maximum Gasteiger partial charge on any atom is 0.332 e. The molecule has 3 amide bonds. The van der Waals surface area contributed by atoms with E-state index in [2.05, 4.69) is 18.0 Å². The molecule has 0 radical (unpaired) electrons. The monoisotopic (exact) mass is 391 g/mol. The van der Waals surface area contributed by atoms with Gasteiger partial charge in [0.15, 0.2) is 0 Å². The van der Waals surface area contributed by atoms with Gasteiger partial charge in [-0.15, -0.1) is 0 Å². The molecule has 2 atom stereocenters. The Morgan fingerprint density at radius 1 is 1.14 bits per heavy atom. The first kappa shape index (κ1) is 17.9. The van der Waals surface area contributed by atoms with Crippen LogP contribution in [-0.2, 0) is 11.2 Å². The smallest absolute Gasteiger partial charge is 0.332 e. The molecule has 29 heavy (non-hydrogen) atoms. The van der Waals surface area contributed by atoms with Gasteiger partial charge in [-0.1, -0.05) is 44.0 Å². The Hall–Kier alpha value is -3.15. The van der Waals surface area contributed by atoms with Crippen LogP contribution in [0.2, 0.25) is 0 Å². The number of urea groups is 1. The van der Waals surface area contributed by atoms with Gasteiger partial charge in [0.25, 0.3) is 5.91 Å². The molecule has 0 unspecified atom stereocenters. The zero-order valence-corrected chi connectivity index (χ0v) is 16.2. The van der Waals surface area contributed by atoms with Crippen molar-refractivity contribution in [2.45, 2.75) is 44.7 Å². The minimum Gasteiger partial charge on any atom is -0.356 e. The number of rotatable bonds is 4. The number of imide groups is 1. The van der Waals surface area contributed by atoms with Gasteiger partial charge in [-0.05, 0) is 36.2 Å². The summed E-state index contributed by atoms with van der Waals surface area (Å²) in [5.41, 5.74) is 3.46. The minimum atomic E-state index is -0.556. The Morgan fingerprint density at radius 2 is 1.97 bits per heavy atom. The first-order valence-corrected chi connectivity index (χ1v) is 10.1. The number of nitrogens with zero attached hydrogens (tertiary/aromatic N) is 2. The van der Waals surface area contributed by atoms with Gasteiger partial charge in [0.05, 0.1) is 11.7 Å². The molecule has 3 heterocycles. The van der Waals surface area contributed by atoms with E-state index in [0.29, 0.717) is 6.42 Å². The minimum absolute atomic E-state index is 0.189. The number of H-pyrrole nitrogens is 1. The number of hydrogen-bond donors (Lipinski definition) is 1. The average Bonchev–Trinajstić information content (AvgIpc) is 3.21. The van der Waals surface area contributed by atoms with Crippen LogP contribution in [0.3, 0.4) is 0 Å². The van der Waals surface area contributed by atoms with Gasteiger partial charge in [-0.2, -0.15) is 0 Å². The molecule has 1 fully saturated rings. The normalized spacial score (nSPS) is 21.0. The lowest BCUT2D eigenvalue weighted by atomic mass is 9.90. The largest absolute Gasteiger partial charge is 0.356 e. The van der Waals surface area contributed by atoms with E-state index in [1.807, 2.05) is 18.2 Å². The highest BCUT2D eigenvalue weighted by Crippen LogP contribution is 2.43. The Bertz CT molecular complexity index is 1120. The summed E-state index contributed by atoms with van der Waals surface area (Å²) in [5, 5.41) is 1.10. The molecule has 3 aromatic rings. The first-order valence-electron chi connectivity index (χ1n) is 10.1. The number of benzene rings is 2. The lowest BCUT2D eigenvalue weighted by Crippen LogP contribution is -2.43. The van der Waals surface area contributed by atoms with Gasteiger partial charge >= 0.3 is 6.03 Å². The number of aromatic nitrogens is 1. The van der Waals surface area contributed by atoms with E-state index in [0.717, 1.165) is 46.3 Å². The highest BCUT2D eigenvalue weighted by atomic mass is 19.1. The zero-order chi connectivity index (χ0) is 20.1. The summed E-state index contributed by atoms with van der Waals surface area (Å²) in [5.74, 6) is -0.746. The number of nitrogens with one attached hydrogen (secondary N) is 1. The van der Waals surface area contributed by atoms with E-state index >= 15 is 0 Å². The molecule has 0 bridgehead atoms. The fraction of sp³-hybridized carbons (Fsp3) is 0.304. The molecule has 0 spiro atoms. The van der Waals surface area contributed by atoms with Crippen LogP contribution in [0.1, 0.15) is 43.5 Å². The molecule has 6 heteroatoms. The summed E-state index contributed by atoms with van der Waals surface area (Å²) < 4.78 is 13.8. The molecule has 2 aliphatic heterocycles. The van der Waals surface area contributed by atoms with Crippen LogP contribution in [0, 0.1) is 5.82 Å². The van der Waals surface area contributed by atoms with Gasteiger partial charge in [0.1, 0.15) is 11.9 Å². The second kappa shape index (κ2) is 6.72. The third-order valence-corrected chi connectivity index (χ3v) is 6.06. The fourth-order valence-electron chi connectivity index (χ4n) is 4.74. The van der Waals surface area contributed by atoms with Crippen molar-refractivity contribution in [1.29, 1.82) is 0 Å². The second-order valence-electron chi connectivity index (χ2n) is 7.78. The van der Waals surface area contributed by atoms with Crippen LogP contribution in [0.25, 0.3) is 10.9 Å². The van der Waals surface area contributed by atoms with E-state index in [1.165, 1.54) is 18.2 Å². The van der Waals surface area contributed by atoms with Crippen LogP contribution in [0.15, 0.2) is 48.5 Å². The quantitative estimate of drug-likeness (QED) is 0.641. The molecule has 1 saturated heterocycles. The summed E-state index contributed by atoms with van der Waals surface area (Å²) in [4.78, 5) is 33.0. The number of para-hydroxylation sites is 1. The molecule has 2 aliphatic rings. The molecule has 1 aromatic heterocycles. The topological polar surface area (TPSA) is 56.4 Å². The van der Waals surface area contributed by atoms with E-state index in [-0.39, 0.29) is 23.7 Å². The molecule has 2 aromatic carbocycles. The van der Waals surface area contributed by atoms with E-state index < -0.39 is 11.9 Å². The molecule has 148 valence electrons.